The van der Waals surface area contributed by atoms with E-state index in [1.807, 2.05) is 0 Å². The second kappa shape index (κ2) is 9.40. The van der Waals surface area contributed by atoms with Gasteiger partial charge in [0.1, 0.15) is 16.9 Å². The van der Waals surface area contributed by atoms with E-state index in [9.17, 15) is 29.4 Å². The van der Waals surface area contributed by atoms with E-state index >= 15 is 0 Å². The number of benzene rings is 2. The summed E-state index contributed by atoms with van der Waals surface area (Å²) in [6.45, 7) is 1.64. The van der Waals surface area contributed by atoms with E-state index in [4.69, 9.17) is 4.74 Å². The second-order valence-electron chi connectivity index (χ2n) is 6.40. The Hall–Kier alpha value is -3.71. The molecule has 8 nitrogen and oxygen atoms in total. The molecule has 1 amide bonds. The summed E-state index contributed by atoms with van der Waals surface area (Å²) in [4.78, 5) is 37.2. The Balaban J connectivity index is 2.03. The number of esters is 1. The highest BCUT2D eigenvalue weighted by Gasteiger charge is 2.41. The number of nitro benzene ring substituents is 1. The summed E-state index contributed by atoms with van der Waals surface area (Å²) in [6.07, 6.45) is 0.133. The van der Waals surface area contributed by atoms with Gasteiger partial charge in [-0.3, -0.25) is 19.8 Å². The summed E-state index contributed by atoms with van der Waals surface area (Å²) >= 11 is 0.991. The molecule has 10 heteroatoms. The topological polar surface area (TPSA) is 114 Å². The summed E-state index contributed by atoms with van der Waals surface area (Å²) in [5.74, 6) is -1.81. The van der Waals surface area contributed by atoms with Crippen molar-refractivity contribution >= 4 is 35.0 Å². The molecule has 0 unspecified atom stereocenters. The van der Waals surface area contributed by atoms with E-state index in [-0.39, 0.29) is 35.0 Å². The first-order chi connectivity index (χ1) is 14.8. The normalized spacial score (nSPS) is 17.3. The number of thioether (sulfide) groups is 1. The SMILES string of the molecule is CCOC(=O)/C(C#N)=C1/S[C@H](Cc2cccc([N+](=O)[O-])c2)C(=O)N1c1ccc(F)cc1. The number of amides is 1. The van der Waals surface area contributed by atoms with Crippen LogP contribution in [0.3, 0.4) is 0 Å². The van der Waals surface area contributed by atoms with Crippen molar-refractivity contribution in [1.82, 2.24) is 0 Å². The molecule has 1 atom stereocenters. The highest BCUT2D eigenvalue weighted by atomic mass is 32.2. The third-order valence-corrected chi connectivity index (χ3v) is 5.65. The van der Waals surface area contributed by atoms with Crippen LogP contribution in [0.15, 0.2) is 59.1 Å². The van der Waals surface area contributed by atoms with Gasteiger partial charge in [0.25, 0.3) is 5.69 Å². The minimum absolute atomic E-state index is 0.0452. The fourth-order valence-electron chi connectivity index (χ4n) is 3.01. The molecule has 1 saturated heterocycles. The number of anilines is 1. The Kier molecular flexibility index (Phi) is 6.67. The Bertz CT molecular complexity index is 1110. The van der Waals surface area contributed by atoms with Gasteiger partial charge in [-0.15, -0.1) is 0 Å². The number of ether oxygens (including phenoxy) is 1. The maximum atomic E-state index is 13.4. The highest BCUT2D eigenvalue weighted by Crippen LogP contribution is 2.42. The van der Waals surface area contributed by atoms with Crippen molar-refractivity contribution in [3.63, 3.8) is 0 Å². The van der Waals surface area contributed by atoms with E-state index < -0.39 is 27.9 Å². The number of carbonyl (C=O) groups is 2. The monoisotopic (exact) mass is 441 g/mol. The van der Waals surface area contributed by atoms with Crippen LogP contribution < -0.4 is 4.90 Å². The number of nitrogens with zero attached hydrogens (tertiary/aromatic N) is 3. The van der Waals surface area contributed by atoms with Gasteiger partial charge in [-0.2, -0.15) is 5.26 Å². The largest absolute Gasteiger partial charge is 0.462 e. The van der Waals surface area contributed by atoms with Crippen LogP contribution in [0.1, 0.15) is 12.5 Å². The predicted octanol–water partition coefficient (Wildman–Crippen LogP) is 3.72. The predicted molar refractivity (Wildman–Crippen MR) is 111 cm³/mol. The van der Waals surface area contributed by atoms with Crippen LogP contribution in [0, 0.1) is 27.3 Å². The third-order valence-electron chi connectivity index (χ3n) is 4.39. The molecule has 1 aliphatic heterocycles. The molecular formula is C21H16FN3O5S. The summed E-state index contributed by atoms with van der Waals surface area (Å²) in [5, 5.41) is 19.9. The fraction of sp³-hybridized carbons (Fsp3) is 0.190. The summed E-state index contributed by atoms with van der Waals surface area (Å²) in [5.41, 5.74) is 0.386. The maximum absolute atomic E-state index is 13.4. The van der Waals surface area contributed by atoms with Gasteiger partial charge in [-0.05, 0) is 43.2 Å². The number of rotatable bonds is 6. The molecule has 1 fully saturated rings. The Morgan fingerprint density at radius 3 is 2.65 bits per heavy atom. The second-order valence-corrected chi connectivity index (χ2v) is 7.59. The molecule has 1 heterocycles. The molecule has 0 radical (unpaired) electrons. The standard InChI is InChI=1S/C21H16FN3O5S/c1-2-30-21(27)17(12-23)20-24(15-8-6-14(22)7-9-15)19(26)18(31-20)11-13-4-3-5-16(10-13)25(28)29/h3-10,18H,2,11H2,1H3/b20-17+/t18-/m1/s1. The smallest absolute Gasteiger partial charge is 0.351 e. The first-order valence-corrected chi connectivity index (χ1v) is 10.0. The lowest BCUT2D eigenvalue weighted by Gasteiger charge is -2.18. The van der Waals surface area contributed by atoms with E-state index in [0.717, 1.165) is 23.9 Å². The van der Waals surface area contributed by atoms with Gasteiger partial charge < -0.3 is 4.74 Å². The molecule has 0 spiro atoms. The number of halogens is 1. The zero-order valence-electron chi connectivity index (χ0n) is 16.3. The van der Waals surface area contributed by atoms with Gasteiger partial charge in [0.15, 0.2) is 5.57 Å². The van der Waals surface area contributed by atoms with E-state index in [1.165, 1.54) is 35.2 Å². The van der Waals surface area contributed by atoms with Crippen LogP contribution in [-0.4, -0.2) is 28.7 Å². The number of nitro groups is 1. The summed E-state index contributed by atoms with van der Waals surface area (Å²) in [6, 6.07) is 12.7. The zero-order chi connectivity index (χ0) is 22.5. The Labute approximate surface area is 181 Å². The van der Waals surface area contributed by atoms with Crippen molar-refractivity contribution in [2.24, 2.45) is 0 Å². The molecular weight excluding hydrogens is 425 g/mol. The molecule has 158 valence electrons. The molecule has 2 aromatic rings. The quantitative estimate of drug-likeness (QED) is 0.221. The zero-order valence-corrected chi connectivity index (χ0v) is 17.1. The first-order valence-electron chi connectivity index (χ1n) is 9.16. The molecule has 0 aromatic heterocycles. The molecule has 0 aliphatic carbocycles. The van der Waals surface area contributed by atoms with Gasteiger partial charge in [0, 0.05) is 17.8 Å². The van der Waals surface area contributed by atoms with E-state index in [1.54, 1.807) is 19.1 Å². The lowest BCUT2D eigenvalue weighted by molar-refractivity contribution is -0.384. The summed E-state index contributed by atoms with van der Waals surface area (Å²) < 4.78 is 18.3. The van der Waals surface area contributed by atoms with Crippen molar-refractivity contribution in [2.45, 2.75) is 18.6 Å². The molecule has 0 bridgehead atoms. The van der Waals surface area contributed by atoms with Crippen LogP contribution in [0.2, 0.25) is 0 Å². The van der Waals surface area contributed by atoms with Gasteiger partial charge in [0.05, 0.1) is 16.8 Å². The van der Waals surface area contributed by atoms with E-state index in [0.29, 0.717) is 5.56 Å². The third kappa shape index (κ3) is 4.73. The van der Waals surface area contributed by atoms with Crippen LogP contribution >= 0.6 is 11.8 Å². The van der Waals surface area contributed by atoms with Crippen LogP contribution in [0.25, 0.3) is 0 Å². The number of hydrogen-bond acceptors (Lipinski definition) is 7. The average molecular weight is 441 g/mol. The van der Waals surface area contributed by atoms with Gasteiger partial charge >= 0.3 is 5.97 Å². The number of carbonyl (C=O) groups excluding carboxylic acids is 2. The van der Waals surface area contributed by atoms with Crippen LogP contribution in [0.4, 0.5) is 15.8 Å². The van der Waals surface area contributed by atoms with E-state index in [2.05, 4.69) is 0 Å². The fourth-order valence-corrected chi connectivity index (χ4v) is 4.31. The molecule has 31 heavy (non-hydrogen) atoms. The Morgan fingerprint density at radius 2 is 2.03 bits per heavy atom. The lowest BCUT2D eigenvalue weighted by Crippen LogP contribution is -2.30. The molecule has 2 aromatic carbocycles. The van der Waals surface area contributed by atoms with Crippen LogP contribution in [0.5, 0.6) is 0 Å². The number of hydrogen-bond donors (Lipinski definition) is 0. The lowest BCUT2D eigenvalue weighted by atomic mass is 10.1. The molecule has 0 N–H and O–H groups in total. The van der Waals surface area contributed by atoms with Gasteiger partial charge in [-0.25, -0.2) is 9.18 Å². The average Bonchev–Trinajstić information content (AvgIpc) is 3.05. The van der Waals surface area contributed by atoms with Crippen molar-refractivity contribution in [3.8, 4) is 6.07 Å². The van der Waals surface area contributed by atoms with Crippen molar-refractivity contribution < 1.29 is 23.6 Å². The van der Waals surface area contributed by atoms with Gasteiger partial charge in [0.2, 0.25) is 5.91 Å². The van der Waals surface area contributed by atoms with Gasteiger partial charge in [-0.1, -0.05) is 23.9 Å². The minimum atomic E-state index is -0.872. The summed E-state index contributed by atoms with van der Waals surface area (Å²) in [7, 11) is 0. The Morgan fingerprint density at radius 1 is 1.32 bits per heavy atom. The molecule has 0 saturated carbocycles. The van der Waals surface area contributed by atoms with Crippen LogP contribution in [-0.2, 0) is 20.7 Å². The minimum Gasteiger partial charge on any atom is -0.462 e. The first kappa shape index (κ1) is 22.0. The number of nitriles is 1. The van der Waals surface area contributed by atoms with Crippen molar-refractivity contribution in [2.75, 3.05) is 11.5 Å². The maximum Gasteiger partial charge on any atom is 0.351 e. The number of non-ortho nitro benzene ring substituents is 1. The van der Waals surface area contributed by atoms with Crippen molar-refractivity contribution in [1.29, 1.82) is 5.26 Å². The molecule has 1 aliphatic rings. The highest BCUT2D eigenvalue weighted by molar-refractivity contribution is 8.05. The molecule has 3 rings (SSSR count). The van der Waals surface area contributed by atoms with Crippen molar-refractivity contribution in [3.05, 3.63) is 80.6 Å².